The van der Waals surface area contributed by atoms with Crippen molar-refractivity contribution in [2.24, 2.45) is 0 Å². The van der Waals surface area contributed by atoms with Crippen molar-refractivity contribution < 1.29 is 23.1 Å². The second kappa shape index (κ2) is 4.15. The topological polar surface area (TPSA) is 55.1 Å². The molecular weight excluding hydrogens is 225 g/mol. The lowest BCUT2D eigenvalue weighted by Gasteiger charge is -2.05. The zero-order chi connectivity index (χ0) is 12.5. The molecule has 1 aromatic rings. The van der Waals surface area contributed by atoms with E-state index in [0.29, 0.717) is 0 Å². The number of carboxylic acid groups (broad SMARTS) is 1. The van der Waals surface area contributed by atoms with Crippen molar-refractivity contribution in [1.29, 1.82) is 0 Å². The van der Waals surface area contributed by atoms with Crippen LogP contribution in [0.25, 0.3) is 0 Å². The Hall–Kier alpha value is -1.53. The number of rotatable bonds is 3. The van der Waals surface area contributed by atoms with Gasteiger partial charge in [-0.1, -0.05) is 0 Å². The molecule has 0 aliphatic heterocycles. The molecule has 0 amide bonds. The van der Waals surface area contributed by atoms with Crippen LogP contribution in [0.3, 0.4) is 0 Å². The van der Waals surface area contributed by atoms with Gasteiger partial charge in [-0.05, 0) is 13.8 Å². The van der Waals surface area contributed by atoms with Crippen molar-refractivity contribution >= 4 is 5.97 Å². The van der Waals surface area contributed by atoms with Gasteiger partial charge in [0.15, 0.2) is 5.69 Å². The summed E-state index contributed by atoms with van der Waals surface area (Å²) in [4.78, 5) is 10.4. The van der Waals surface area contributed by atoms with Crippen LogP contribution in [0.4, 0.5) is 13.2 Å². The Labute approximate surface area is 89.7 Å². The van der Waals surface area contributed by atoms with Gasteiger partial charge < -0.3 is 5.11 Å². The molecular formula is C9H11F3N2O2. The lowest BCUT2D eigenvalue weighted by atomic mass is 10.2. The van der Waals surface area contributed by atoms with E-state index in [9.17, 15) is 18.0 Å². The molecule has 0 saturated heterocycles. The lowest BCUT2D eigenvalue weighted by molar-refractivity contribution is -0.142. The van der Waals surface area contributed by atoms with Crippen molar-refractivity contribution in [1.82, 2.24) is 9.78 Å². The summed E-state index contributed by atoms with van der Waals surface area (Å²) in [5.74, 6) is -1.31. The highest BCUT2D eigenvalue weighted by atomic mass is 19.4. The average molecular weight is 236 g/mol. The summed E-state index contributed by atoms with van der Waals surface area (Å²) in [6.45, 7) is 3.33. The van der Waals surface area contributed by atoms with E-state index in [1.807, 2.05) is 0 Å². The summed E-state index contributed by atoms with van der Waals surface area (Å²) in [5.41, 5.74) is -1.43. The first-order chi connectivity index (χ1) is 7.21. The fourth-order valence-corrected chi connectivity index (χ4v) is 1.22. The normalized spacial score (nSPS) is 12.1. The van der Waals surface area contributed by atoms with E-state index in [-0.39, 0.29) is 11.6 Å². The van der Waals surface area contributed by atoms with Crippen molar-refractivity contribution in [3.8, 4) is 0 Å². The molecule has 0 aromatic carbocycles. The summed E-state index contributed by atoms with van der Waals surface area (Å²) < 4.78 is 38.6. The fourth-order valence-electron chi connectivity index (χ4n) is 1.22. The Morgan fingerprint density at radius 1 is 1.56 bits per heavy atom. The summed E-state index contributed by atoms with van der Waals surface area (Å²) in [5, 5.41) is 11.9. The fraction of sp³-hybridized carbons (Fsp3) is 0.556. The van der Waals surface area contributed by atoms with Gasteiger partial charge in [-0.2, -0.15) is 18.3 Å². The Balaban J connectivity index is 3.18. The quantitative estimate of drug-likeness (QED) is 0.874. The van der Waals surface area contributed by atoms with Gasteiger partial charge in [0.2, 0.25) is 0 Å². The van der Waals surface area contributed by atoms with Crippen LogP contribution >= 0.6 is 0 Å². The number of carboxylic acids is 1. The van der Waals surface area contributed by atoms with Gasteiger partial charge in [-0.25, -0.2) is 0 Å². The zero-order valence-electron chi connectivity index (χ0n) is 8.75. The van der Waals surface area contributed by atoms with Crippen LogP contribution in [0.15, 0.2) is 6.20 Å². The molecule has 16 heavy (non-hydrogen) atoms. The van der Waals surface area contributed by atoms with Crippen LogP contribution in [-0.2, 0) is 17.4 Å². The van der Waals surface area contributed by atoms with E-state index in [1.165, 1.54) is 0 Å². The smallest absolute Gasteiger partial charge is 0.435 e. The van der Waals surface area contributed by atoms with Gasteiger partial charge in [-0.15, -0.1) is 0 Å². The molecule has 1 rings (SSSR count). The van der Waals surface area contributed by atoms with Crippen LogP contribution < -0.4 is 0 Å². The molecule has 0 aliphatic carbocycles. The number of aromatic nitrogens is 2. The number of hydrogen-bond donors (Lipinski definition) is 1. The SMILES string of the molecule is CC(C)n1cc(CC(=O)O)c(C(F)(F)F)n1. The van der Waals surface area contributed by atoms with Gasteiger partial charge >= 0.3 is 12.1 Å². The van der Waals surface area contributed by atoms with Gasteiger partial charge in [-0.3, -0.25) is 9.48 Å². The molecule has 0 fully saturated rings. The van der Waals surface area contributed by atoms with Crippen LogP contribution in [0.1, 0.15) is 31.1 Å². The molecule has 0 saturated carbocycles. The highest BCUT2D eigenvalue weighted by Crippen LogP contribution is 2.31. The number of aliphatic carboxylic acids is 1. The molecule has 90 valence electrons. The van der Waals surface area contributed by atoms with Crippen molar-refractivity contribution in [3.63, 3.8) is 0 Å². The molecule has 0 atom stereocenters. The summed E-state index contributed by atoms with van der Waals surface area (Å²) >= 11 is 0. The molecule has 7 heteroatoms. The maximum atomic E-state index is 12.5. The molecule has 0 aliphatic rings. The predicted octanol–water partition coefficient (Wildman–Crippen LogP) is 2.11. The highest BCUT2D eigenvalue weighted by molar-refractivity contribution is 5.70. The summed E-state index contributed by atoms with van der Waals surface area (Å²) in [6, 6.07) is -0.247. The van der Waals surface area contributed by atoms with Gasteiger partial charge in [0, 0.05) is 17.8 Å². The maximum absolute atomic E-state index is 12.5. The van der Waals surface area contributed by atoms with Crippen LogP contribution in [0, 0.1) is 0 Å². The van der Waals surface area contributed by atoms with E-state index >= 15 is 0 Å². The molecule has 4 nitrogen and oxygen atoms in total. The molecule has 0 spiro atoms. The van der Waals surface area contributed by atoms with Crippen LogP contribution in [-0.4, -0.2) is 20.9 Å². The van der Waals surface area contributed by atoms with E-state index in [0.717, 1.165) is 10.9 Å². The van der Waals surface area contributed by atoms with E-state index in [2.05, 4.69) is 5.10 Å². The molecule has 1 aromatic heterocycles. The number of nitrogens with zero attached hydrogens (tertiary/aromatic N) is 2. The van der Waals surface area contributed by atoms with Gasteiger partial charge in [0.05, 0.1) is 6.42 Å². The van der Waals surface area contributed by atoms with E-state index in [1.54, 1.807) is 13.8 Å². The number of halogens is 3. The van der Waals surface area contributed by atoms with E-state index < -0.39 is 24.3 Å². The van der Waals surface area contributed by atoms with E-state index in [4.69, 9.17) is 5.11 Å². The Morgan fingerprint density at radius 2 is 2.12 bits per heavy atom. The predicted molar refractivity (Wildman–Crippen MR) is 49.0 cm³/mol. The molecule has 0 unspecified atom stereocenters. The van der Waals surface area contributed by atoms with Gasteiger partial charge in [0.1, 0.15) is 0 Å². The Bertz CT molecular complexity index is 396. The first-order valence-electron chi connectivity index (χ1n) is 4.59. The second-order valence-electron chi connectivity index (χ2n) is 3.64. The number of alkyl halides is 3. The monoisotopic (exact) mass is 236 g/mol. The first-order valence-corrected chi connectivity index (χ1v) is 4.59. The summed E-state index contributed by atoms with van der Waals surface area (Å²) in [6.07, 6.45) is -4.17. The third kappa shape index (κ3) is 2.74. The van der Waals surface area contributed by atoms with Crippen LogP contribution in [0.2, 0.25) is 0 Å². The minimum absolute atomic E-state index is 0.247. The minimum atomic E-state index is -4.62. The lowest BCUT2D eigenvalue weighted by Crippen LogP contribution is -2.12. The van der Waals surface area contributed by atoms with Crippen LogP contribution in [0.5, 0.6) is 0 Å². The number of carbonyl (C=O) groups is 1. The van der Waals surface area contributed by atoms with Crippen molar-refractivity contribution in [2.45, 2.75) is 32.5 Å². The largest absolute Gasteiger partial charge is 0.481 e. The Kier molecular flexibility index (Phi) is 3.25. The zero-order valence-corrected chi connectivity index (χ0v) is 8.75. The first kappa shape index (κ1) is 12.5. The maximum Gasteiger partial charge on any atom is 0.435 e. The van der Waals surface area contributed by atoms with Gasteiger partial charge in [0.25, 0.3) is 0 Å². The standard InChI is InChI=1S/C9H11F3N2O2/c1-5(2)14-4-6(3-7(15)16)8(13-14)9(10,11)12/h4-5H,3H2,1-2H3,(H,15,16). The second-order valence-corrected chi connectivity index (χ2v) is 3.64. The molecule has 0 bridgehead atoms. The minimum Gasteiger partial charge on any atom is -0.481 e. The molecule has 0 radical (unpaired) electrons. The van der Waals surface area contributed by atoms with Crippen molar-refractivity contribution in [2.75, 3.05) is 0 Å². The molecule has 1 N–H and O–H groups in total. The number of hydrogen-bond acceptors (Lipinski definition) is 2. The average Bonchev–Trinajstić information content (AvgIpc) is 2.45. The summed E-state index contributed by atoms with van der Waals surface area (Å²) in [7, 11) is 0. The Morgan fingerprint density at radius 3 is 2.50 bits per heavy atom. The third-order valence-corrected chi connectivity index (χ3v) is 1.95. The highest BCUT2D eigenvalue weighted by Gasteiger charge is 2.37. The molecule has 1 heterocycles. The third-order valence-electron chi connectivity index (χ3n) is 1.95. The van der Waals surface area contributed by atoms with Crippen molar-refractivity contribution in [3.05, 3.63) is 17.5 Å².